The van der Waals surface area contributed by atoms with Crippen molar-refractivity contribution in [2.45, 2.75) is 6.92 Å². The highest BCUT2D eigenvalue weighted by atomic mass is 127. The first kappa shape index (κ1) is 14.8. The first-order valence-electron chi connectivity index (χ1n) is 6.35. The summed E-state index contributed by atoms with van der Waals surface area (Å²) in [5.74, 6) is 0.849. The van der Waals surface area contributed by atoms with Crippen molar-refractivity contribution < 1.29 is 33.3 Å². The first-order chi connectivity index (χ1) is 9.31. The Morgan fingerprint density at radius 1 is 0.900 bits per heavy atom. The molecule has 0 spiro atoms. The second-order valence-electron chi connectivity index (χ2n) is 4.56. The van der Waals surface area contributed by atoms with E-state index in [0.717, 1.165) is 17.1 Å². The van der Waals surface area contributed by atoms with Gasteiger partial charge >= 0.3 is 5.88 Å². The Bertz CT molecular complexity index is 726. The van der Waals surface area contributed by atoms with E-state index >= 15 is 0 Å². The van der Waals surface area contributed by atoms with Crippen LogP contribution in [0.25, 0.3) is 16.6 Å². The number of nitrogens with zero attached hydrogens (tertiary/aromatic N) is 1. The van der Waals surface area contributed by atoms with Crippen molar-refractivity contribution in [2.75, 3.05) is 7.11 Å². The number of aryl methyl sites for hydroxylation is 1. The van der Waals surface area contributed by atoms with E-state index in [1.54, 1.807) is 7.11 Å². The SMILES string of the molecule is COc1cc(C)c2ccccc2[n+]1-c1ccccc1.[I-]. The molecule has 0 amide bonds. The third-order valence-corrected chi connectivity index (χ3v) is 3.35. The predicted molar refractivity (Wildman–Crippen MR) is 76.8 cm³/mol. The van der Waals surface area contributed by atoms with Crippen LogP contribution in [0.4, 0.5) is 0 Å². The van der Waals surface area contributed by atoms with Crippen molar-refractivity contribution in [1.29, 1.82) is 0 Å². The predicted octanol–water partition coefficient (Wildman–Crippen LogP) is 0.438. The van der Waals surface area contributed by atoms with Gasteiger partial charge in [0.05, 0.1) is 18.6 Å². The molecule has 102 valence electrons. The average Bonchev–Trinajstić information content (AvgIpc) is 2.48. The van der Waals surface area contributed by atoms with E-state index in [4.69, 9.17) is 4.74 Å². The maximum absolute atomic E-state index is 5.55. The minimum atomic E-state index is 0. The summed E-state index contributed by atoms with van der Waals surface area (Å²) in [6, 6.07) is 20.7. The summed E-state index contributed by atoms with van der Waals surface area (Å²) < 4.78 is 7.69. The topological polar surface area (TPSA) is 13.1 Å². The molecule has 2 nitrogen and oxygen atoms in total. The standard InChI is InChI=1S/C17H16NO.HI/c1-13-12-17(19-2)18(14-8-4-3-5-9-14)16-11-7-6-10-15(13)16;/h3-12H,1-2H3;1H/q+1;/p-1. The Kier molecular flexibility index (Phi) is 4.60. The summed E-state index contributed by atoms with van der Waals surface area (Å²) in [6.45, 7) is 2.11. The molecule has 3 rings (SSSR count). The van der Waals surface area contributed by atoms with E-state index in [1.807, 2.05) is 18.2 Å². The summed E-state index contributed by atoms with van der Waals surface area (Å²) in [5, 5.41) is 1.24. The van der Waals surface area contributed by atoms with E-state index in [2.05, 4.69) is 54.0 Å². The van der Waals surface area contributed by atoms with E-state index in [1.165, 1.54) is 10.9 Å². The molecule has 20 heavy (non-hydrogen) atoms. The molecule has 3 heteroatoms. The van der Waals surface area contributed by atoms with Gasteiger partial charge in [0.1, 0.15) is 0 Å². The number of hydrogen-bond acceptors (Lipinski definition) is 1. The van der Waals surface area contributed by atoms with E-state index < -0.39 is 0 Å². The molecule has 0 atom stereocenters. The minimum Gasteiger partial charge on any atom is -1.00 e. The molecule has 3 aromatic rings. The second-order valence-corrected chi connectivity index (χ2v) is 4.56. The maximum Gasteiger partial charge on any atom is 0.374 e. The van der Waals surface area contributed by atoms with Gasteiger partial charge in [0.2, 0.25) is 11.2 Å². The molecule has 0 aliphatic carbocycles. The summed E-state index contributed by atoms with van der Waals surface area (Å²) in [6.07, 6.45) is 0. The van der Waals surface area contributed by atoms with Crippen molar-refractivity contribution in [3.05, 3.63) is 66.2 Å². The number of benzene rings is 2. The number of fused-ring (bicyclic) bond motifs is 1. The van der Waals surface area contributed by atoms with Gasteiger partial charge in [0, 0.05) is 18.2 Å². The number of pyridine rings is 1. The van der Waals surface area contributed by atoms with Crippen molar-refractivity contribution >= 4 is 10.9 Å². The van der Waals surface area contributed by atoms with Crippen LogP contribution in [-0.2, 0) is 0 Å². The van der Waals surface area contributed by atoms with Gasteiger partial charge in [-0.15, -0.1) is 4.57 Å². The van der Waals surface area contributed by atoms with Gasteiger partial charge in [0.25, 0.3) is 0 Å². The quantitative estimate of drug-likeness (QED) is 0.467. The monoisotopic (exact) mass is 377 g/mol. The molecule has 0 aliphatic heterocycles. The molecule has 2 aromatic carbocycles. The fraction of sp³-hybridized carbons (Fsp3) is 0.118. The number of para-hydroxylation sites is 2. The number of aromatic nitrogens is 1. The lowest BCUT2D eigenvalue weighted by Crippen LogP contribution is -3.00. The maximum atomic E-state index is 5.55. The first-order valence-corrected chi connectivity index (χ1v) is 6.35. The van der Waals surface area contributed by atoms with Gasteiger partial charge in [-0.1, -0.05) is 30.3 Å². The van der Waals surface area contributed by atoms with Crippen LogP contribution in [0.2, 0.25) is 0 Å². The van der Waals surface area contributed by atoms with Crippen LogP contribution in [-0.4, -0.2) is 7.11 Å². The van der Waals surface area contributed by atoms with Crippen LogP contribution >= 0.6 is 0 Å². The largest absolute Gasteiger partial charge is 1.00 e. The lowest BCUT2D eigenvalue weighted by molar-refractivity contribution is -0.575. The normalized spacial score (nSPS) is 10.1. The molecular formula is C17H16INO. The van der Waals surface area contributed by atoms with Gasteiger partial charge in [-0.3, -0.25) is 0 Å². The van der Waals surface area contributed by atoms with Crippen LogP contribution in [0.3, 0.4) is 0 Å². The molecule has 0 saturated heterocycles. The molecule has 1 heterocycles. The second kappa shape index (κ2) is 6.22. The van der Waals surface area contributed by atoms with Crippen LogP contribution < -0.4 is 33.3 Å². The number of rotatable bonds is 2. The summed E-state index contributed by atoms with van der Waals surface area (Å²) in [7, 11) is 1.71. The Morgan fingerprint density at radius 3 is 2.25 bits per heavy atom. The van der Waals surface area contributed by atoms with Gasteiger partial charge in [-0.05, 0) is 18.6 Å². The molecule has 0 aliphatic rings. The van der Waals surface area contributed by atoms with Gasteiger partial charge in [0.15, 0.2) is 0 Å². The Labute approximate surface area is 136 Å². The molecular weight excluding hydrogens is 361 g/mol. The zero-order valence-electron chi connectivity index (χ0n) is 11.5. The third kappa shape index (κ3) is 2.50. The summed E-state index contributed by atoms with van der Waals surface area (Å²) in [4.78, 5) is 0. The van der Waals surface area contributed by atoms with Crippen LogP contribution in [0, 0.1) is 6.92 Å². The summed E-state index contributed by atoms with van der Waals surface area (Å²) >= 11 is 0. The van der Waals surface area contributed by atoms with Crippen LogP contribution in [0.15, 0.2) is 60.7 Å². The molecule has 0 fully saturated rings. The lowest BCUT2D eigenvalue weighted by atomic mass is 10.1. The lowest BCUT2D eigenvalue weighted by Gasteiger charge is -2.07. The fourth-order valence-corrected chi connectivity index (χ4v) is 2.44. The third-order valence-electron chi connectivity index (χ3n) is 3.35. The highest BCUT2D eigenvalue weighted by molar-refractivity contribution is 5.80. The molecule has 0 N–H and O–H groups in total. The number of ether oxygens (including phenoxy) is 1. The number of hydrogen-bond donors (Lipinski definition) is 0. The van der Waals surface area contributed by atoms with Gasteiger partial charge < -0.3 is 28.7 Å². The molecule has 0 bridgehead atoms. The van der Waals surface area contributed by atoms with E-state index in [9.17, 15) is 0 Å². The van der Waals surface area contributed by atoms with E-state index in [0.29, 0.717) is 0 Å². The van der Waals surface area contributed by atoms with Crippen LogP contribution in [0.1, 0.15) is 5.56 Å². The highest BCUT2D eigenvalue weighted by Crippen LogP contribution is 2.21. The van der Waals surface area contributed by atoms with Gasteiger partial charge in [-0.2, -0.15) is 0 Å². The van der Waals surface area contributed by atoms with Crippen molar-refractivity contribution in [3.63, 3.8) is 0 Å². The fourth-order valence-electron chi connectivity index (χ4n) is 2.44. The Hall–Kier alpha value is -1.62. The average molecular weight is 377 g/mol. The zero-order valence-corrected chi connectivity index (χ0v) is 13.7. The molecule has 1 aromatic heterocycles. The van der Waals surface area contributed by atoms with Gasteiger partial charge in [-0.25, -0.2) is 0 Å². The molecule has 0 radical (unpaired) electrons. The van der Waals surface area contributed by atoms with Crippen molar-refractivity contribution in [1.82, 2.24) is 0 Å². The molecule has 0 unspecified atom stereocenters. The van der Waals surface area contributed by atoms with Crippen LogP contribution in [0.5, 0.6) is 5.88 Å². The highest BCUT2D eigenvalue weighted by Gasteiger charge is 2.20. The zero-order chi connectivity index (χ0) is 13.2. The Morgan fingerprint density at radius 2 is 1.55 bits per heavy atom. The number of halogens is 1. The molecule has 0 saturated carbocycles. The van der Waals surface area contributed by atoms with E-state index in [-0.39, 0.29) is 24.0 Å². The Balaban J connectivity index is 0.00000147. The number of methoxy groups -OCH3 is 1. The van der Waals surface area contributed by atoms with Crippen molar-refractivity contribution in [3.8, 4) is 11.6 Å². The van der Waals surface area contributed by atoms with Crippen molar-refractivity contribution in [2.24, 2.45) is 0 Å². The summed E-state index contributed by atoms with van der Waals surface area (Å²) in [5.41, 5.74) is 3.49. The minimum absolute atomic E-state index is 0. The smallest absolute Gasteiger partial charge is 0.374 e.